The molecule has 0 bridgehead atoms. The van der Waals surface area contributed by atoms with Gasteiger partial charge in [-0.2, -0.15) is 0 Å². The number of aromatic nitrogens is 3. The molecule has 2 aromatic carbocycles. The first-order valence-electron chi connectivity index (χ1n) is 9.90. The number of aryl methyl sites for hydroxylation is 2. The van der Waals surface area contributed by atoms with Crippen LogP contribution in [-0.4, -0.2) is 27.0 Å². The fourth-order valence-corrected chi connectivity index (χ4v) is 4.55. The molecule has 30 heavy (non-hydrogen) atoms. The number of nitrogens with zero attached hydrogens (tertiary/aromatic N) is 4. The summed E-state index contributed by atoms with van der Waals surface area (Å²) in [5.41, 5.74) is 4.74. The van der Waals surface area contributed by atoms with Crippen LogP contribution in [0, 0.1) is 6.92 Å². The molecule has 2 aromatic heterocycles. The average molecular weight is 417 g/mol. The van der Waals surface area contributed by atoms with E-state index in [0.29, 0.717) is 24.0 Å². The van der Waals surface area contributed by atoms with Crippen LogP contribution in [0.1, 0.15) is 17.0 Å². The number of hydrogen-bond acceptors (Lipinski definition) is 5. The van der Waals surface area contributed by atoms with Crippen LogP contribution in [0.15, 0.2) is 59.0 Å². The first-order valence-corrected chi connectivity index (χ1v) is 10.8. The summed E-state index contributed by atoms with van der Waals surface area (Å²) in [6.45, 7) is 2.98. The van der Waals surface area contributed by atoms with Crippen LogP contribution in [0.2, 0.25) is 0 Å². The number of amides is 1. The third-order valence-corrected chi connectivity index (χ3v) is 6.26. The Morgan fingerprint density at radius 2 is 2.07 bits per heavy atom. The zero-order valence-corrected chi connectivity index (χ0v) is 17.4. The van der Waals surface area contributed by atoms with Crippen LogP contribution in [0.3, 0.4) is 0 Å². The number of carbonyl (C=O) groups excluding carboxylic acids is 1. The highest BCUT2D eigenvalue weighted by molar-refractivity contribution is 7.09. The minimum absolute atomic E-state index is 0.0195. The predicted molar refractivity (Wildman–Crippen MR) is 119 cm³/mol. The second-order valence-electron chi connectivity index (χ2n) is 7.40. The maximum Gasteiger partial charge on any atom is 0.261 e. The highest BCUT2D eigenvalue weighted by Gasteiger charge is 2.25. The Kier molecular flexibility index (Phi) is 4.67. The maximum absolute atomic E-state index is 12.9. The fourth-order valence-electron chi connectivity index (χ4n) is 3.93. The molecule has 0 atom stereocenters. The monoisotopic (exact) mass is 416 g/mol. The van der Waals surface area contributed by atoms with Crippen LogP contribution in [0.25, 0.3) is 22.2 Å². The lowest BCUT2D eigenvalue weighted by Crippen LogP contribution is -2.31. The quantitative estimate of drug-likeness (QED) is 0.507. The van der Waals surface area contributed by atoms with Crippen LogP contribution >= 0.6 is 11.3 Å². The largest absolute Gasteiger partial charge is 0.312 e. The Hall–Kier alpha value is -3.32. The van der Waals surface area contributed by atoms with Gasteiger partial charge in [0.2, 0.25) is 5.91 Å². The summed E-state index contributed by atoms with van der Waals surface area (Å²) >= 11 is 1.64. The Morgan fingerprint density at radius 3 is 2.90 bits per heavy atom. The topological polar surface area (TPSA) is 68.1 Å². The van der Waals surface area contributed by atoms with Crippen molar-refractivity contribution in [2.45, 2.75) is 26.3 Å². The van der Waals surface area contributed by atoms with Crippen molar-refractivity contribution in [1.82, 2.24) is 14.5 Å². The molecule has 1 amide bonds. The molecule has 4 aromatic rings. The lowest BCUT2D eigenvalue weighted by molar-refractivity contribution is -0.118. The smallest absolute Gasteiger partial charge is 0.261 e. The zero-order chi connectivity index (χ0) is 20.7. The third-order valence-electron chi connectivity index (χ3n) is 5.49. The average Bonchev–Trinajstić information content (AvgIpc) is 3.39. The van der Waals surface area contributed by atoms with Crippen LogP contribution < -0.4 is 10.5 Å². The van der Waals surface area contributed by atoms with E-state index >= 15 is 0 Å². The Balaban J connectivity index is 1.33. The minimum atomic E-state index is -0.113. The molecule has 5 rings (SSSR count). The number of fused-ring (bicyclic) bond motifs is 2. The number of anilines is 1. The second kappa shape index (κ2) is 7.50. The molecule has 0 radical (unpaired) electrons. The van der Waals surface area contributed by atoms with Crippen molar-refractivity contribution in [2.24, 2.45) is 0 Å². The van der Waals surface area contributed by atoms with Crippen molar-refractivity contribution in [3.63, 3.8) is 0 Å². The lowest BCUT2D eigenvalue weighted by Gasteiger charge is -2.18. The molecule has 1 aliphatic rings. The van der Waals surface area contributed by atoms with Gasteiger partial charge in [-0.3, -0.25) is 14.2 Å². The van der Waals surface area contributed by atoms with Crippen molar-refractivity contribution in [3.05, 3.63) is 75.1 Å². The van der Waals surface area contributed by atoms with Gasteiger partial charge in [-0.15, -0.1) is 11.3 Å². The predicted octanol–water partition coefficient (Wildman–Crippen LogP) is 3.81. The Bertz CT molecular complexity index is 1320. The van der Waals surface area contributed by atoms with Crippen molar-refractivity contribution in [3.8, 4) is 11.3 Å². The molecule has 0 saturated heterocycles. The van der Waals surface area contributed by atoms with Gasteiger partial charge < -0.3 is 4.90 Å². The molecule has 0 unspecified atom stereocenters. The van der Waals surface area contributed by atoms with E-state index in [4.69, 9.17) is 0 Å². The second-order valence-corrected chi connectivity index (χ2v) is 8.46. The number of carbonyl (C=O) groups is 1. The summed E-state index contributed by atoms with van der Waals surface area (Å²) in [5.74, 6) is 0.0195. The maximum atomic E-state index is 12.9. The molecule has 3 heterocycles. The van der Waals surface area contributed by atoms with Crippen LogP contribution in [-0.2, 0) is 17.8 Å². The van der Waals surface area contributed by atoms with E-state index in [1.54, 1.807) is 17.4 Å². The van der Waals surface area contributed by atoms with E-state index in [2.05, 4.69) is 21.4 Å². The van der Waals surface area contributed by atoms with Crippen LogP contribution in [0.4, 0.5) is 5.69 Å². The van der Waals surface area contributed by atoms with E-state index in [-0.39, 0.29) is 17.9 Å². The van der Waals surface area contributed by atoms with Crippen molar-refractivity contribution in [2.75, 3.05) is 11.4 Å². The molecule has 0 spiro atoms. The Labute approximate surface area is 177 Å². The van der Waals surface area contributed by atoms with E-state index < -0.39 is 0 Å². The van der Waals surface area contributed by atoms with Gasteiger partial charge >= 0.3 is 0 Å². The fraction of sp³-hybridized carbons (Fsp3) is 0.217. The third kappa shape index (κ3) is 3.31. The number of rotatable bonds is 4. The first-order chi connectivity index (χ1) is 14.6. The van der Waals surface area contributed by atoms with E-state index in [1.165, 1.54) is 10.9 Å². The van der Waals surface area contributed by atoms with Crippen molar-refractivity contribution < 1.29 is 4.79 Å². The summed E-state index contributed by atoms with van der Waals surface area (Å²) < 4.78 is 1.52. The molecule has 0 aliphatic carbocycles. The standard InChI is InChI=1S/C23H20N4O2S/c1-15-25-20(13-30-15)16-6-7-21-17(12-16)8-11-27(21)22(28)9-10-26-14-24-19-5-3-2-4-18(19)23(26)29/h2-7,12-14H,8-11H2,1H3. The zero-order valence-electron chi connectivity index (χ0n) is 16.5. The Morgan fingerprint density at radius 1 is 1.20 bits per heavy atom. The number of benzene rings is 2. The molecule has 0 N–H and O–H groups in total. The molecule has 150 valence electrons. The molecule has 6 nitrogen and oxygen atoms in total. The summed E-state index contributed by atoms with van der Waals surface area (Å²) in [6, 6.07) is 13.4. The number of para-hydroxylation sites is 1. The highest BCUT2D eigenvalue weighted by Crippen LogP contribution is 2.33. The van der Waals surface area contributed by atoms with E-state index in [1.807, 2.05) is 42.2 Å². The summed E-state index contributed by atoms with van der Waals surface area (Å²) in [5, 5.41) is 3.68. The first kappa shape index (κ1) is 18.7. The molecular formula is C23H20N4O2S. The van der Waals surface area contributed by atoms with Crippen LogP contribution in [0.5, 0.6) is 0 Å². The SMILES string of the molecule is Cc1nc(-c2ccc3c(c2)CCN3C(=O)CCn2cnc3ccccc3c2=O)cs1. The van der Waals surface area contributed by atoms with Gasteiger partial charge in [0.05, 0.1) is 27.9 Å². The number of thiazole rings is 1. The van der Waals surface area contributed by atoms with Gasteiger partial charge in [0.25, 0.3) is 5.56 Å². The van der Waals surface area contributed by atoms with E-state index in [9.17, 15) is 9.59 Å². The highest BCUT2D eigenvalue weighted by atomic mass is 32.1. The molecule has 1 aliphatic heterocycles. The lowest BCUT2D eigenvalue weighted by atomic mass is 10.1. The minimum Gasteiger partial charge on any atom is -0.312 e. The molecular weight excluding hydrogens is 396 g/mol. The van der Waals surface area contributed by atoms with Gasteiger partial charge in [-0.1, -0.05) is 18.2 Å². The molecule has 7 heteroatoms. The normalized spacial score (nSPS) is 13.0. The summed E-state index contributed by atoms with van der Waals surface area (Å²) in [4.78, 5) is 36.2. The van der Waals surface area contributed by atoms with Gasteiger partial charge in [0.1, 0.15) is 0 Å². The van der Waals surface area contributed by atoms with Gasteiger partial charge in [0, 0.05) is 36.1 Å². The van der Waals surface area contributed by atoms with E-state index in [0.717, 1.165) is 33.9 Å². The van der Waals surface area contributed by atoms with Crippen molar-refractivity contribution >= 4 is 33.8 Å². The molecule has 0 saturated carbocycles. The van der Waals surface area contributed by atoms with Crippen molar-refractivity contribution in [1.29, 1.82) is 0 Å². The number of hydrogen-bond donors (Lipinski definition) is 0. The van der Waals surface area contributed by atoms with Gasteiger partial charge in [-0.05, 0) is 43.2 Å². The molecule has 0 fully saturated rings. The summed E-state index contributed by atoms with van der Waals surface area (Å²) in [6.07, 6.45) is 2.61. The van der Waals surface area contributed by atoms with Gasteiger partial charge in [-0.25, -0.2) is 9.97 Å². The summed E-state index contributed by atoms with van der Waals surface area (Å²) in [7, 11) is 0. The van der Waals surface area contributed by atoms with Gasteiger partial charge in [0.15, 0.2) is 0 Å².